The summed E-state index contributed by atoms with van der Waals surface area (Å²) in [5.74, 6) is 1.03. The van der Waals surface area contributed by atoms with E-state index in [1.54, 1.807) is 6.26 Å². The lowest BCUT2D eigenvalue weighted by Gasteiger charge is -2.17. The van der Waals surface area contributed by atoms with Crippen molar-refractivity contribution >= 4 is 11.3 Å². The second-order valence-electron chi connectivity index (χ2n) is 5.91. The number of hydrogen-bond acceptors (Lipinski definition) is 3. The van der Waals surface area contributed by atoms with E-state index in [0.717, 1.165) is 12.3 Å². The average Bonchev–Trinajstić information content (AvgIpc) is 2.94. The van der Waals surface area contributed by atoms with Crippen molar-refractivity contribution in [3.63, 3.8) is 0 Å². The van der Waals surface area contributed by atoms with Gasteiger partial charge in [-0.05, 0) is 42.6 Å². The molecule has 1 atom stereocenters. The Morgan fingerprint density at radius 2 is 2.00 bits per heavy atom. The minimum Gasteiger partial charge on any atom is -0.467 e. The van der Waals surface area contributed by atoms with E-state index in [2.05, 4.69) is 52.1 Å². The zero-order valence-electron chi connectivity index (χ0n) is 12.4. The van der Waals surface area contributed by atoms with Crippen LogP contribution in [0.2, 0.25) is 0 Å². The molecule has 2 aromatic heterocycles. The Bertz CT molecular complexity index is 533. The van der Waals surface area contributed by atoms with Crippen molar-refractivity contribution in [1.82, 2.24) is 5.32 Å². The first-order chi connectivity index (χ1) is 8.93. The van der Waals surface area contributed by atoms with Crippen LogP contribution >= 0.6 is 11.3 Å². The van der Waals surface area contributed by atoms with Crippen molar-refractivity contribution < 1.29 is 4.42 Å². The molecule has 1 N–H and O–H groups in total. The van der Waals surface area contributed by atoms with Gasteiger partial charge >= 0.3 is 0 Å². The predicted octanol–water partition coefficient (Wildman–Crippen LogP) is 4.65. The maximum atomic E-state index is 5.67. The molecule has 104 valence electrons. The topological polar surface area (TPSA) is 25.2 Å². The molecule has 3 heteroatoms. The van der Waals surface area contributed by atoms with Gasteiger partial charge in [-0.2, -0.15) is 0 Å². The highest BCUT2D eigenvalue weighted by Crippen LogP contribution is 2.35. The van der Waals surface area contributed by atoms with Gasteiger partial charge in [0.2, 0.25) is 0 Å². The number of rotatable bonds is 4. The molecule has 0 radical (unpaired) electrons. The van der Waals surface area contributed by atoms with E-state index in [4.69, 9.17) is 4.42 Å². The molecule has 0 spiro atoms. The molecule has 0 aliphatic carbocycles. The lowest BCUT2D eigenvalue weighted by Crippen LogP contribution is -2.21. The van der Waals surface area contributed by atoms with E-state index in [9.17, 15) is 0 Å². The quantitative estimate of drug-likeness (QED) is 0.880. The van der Waals surface area contributed by atoms with Crippen LogP contribution in [0.25, 0.3) is 0 Å². The molecule has 0 fully saturated rings. The van der Waals surface area contributed by atoms with Crippen molar-refractivity contribution in [2.75, 3.05) is 6.54 Å². The summed E-state index contributed by atoms with van der Waals surface area (Å²) in [6.45, 7) is 11.9. The van der Waals surface area contributed by atoms with Crippen LogP contribution in [0.15, 0.2) is 28.9 Å². The van der Waals surface area contributed by atoms with E-state index in [-0.39, 0.29) is 11.5 Å². The van der Waals surface area contributed by atoms with Crippen LogP contribution in [0.4, 0.5) is 0 Å². The molecule has 19 heavy (non-hydrogen) atoms. The fraction of sp³-hybridized carbons (Fsp3) is 0.500. The maximum absolute atomic E-state index is 5.67. The van der Waals surface area contributed by atoms with E-state index in [1.165, 1.54) is 15.3 Å². The molecule has 2 heterocycles. The van der Waals surface area contributed by atoms with Gasteiger partial charge in [0.25, 0.3) is 0 Å². The molecule has 0 amide bonds. The molecule has 0 aromatic carbocycles. The van der Waals surface area contributed by atoms with Gasteiger partial charge in [0.15, 0.2) is 0 Å². The fourth-order valence-electron chi connectivity index (χ4n) is 2.12. The molecular weight excluding hydrogens is 254 g/mol. The molecular formula is C16H23NOS. The summed E-state index contributed by atoms with van der Waals surface area (Å²) in [5, 5.41) is 3.52. The van der Waals surface area contributed by atoms with E-state index >= 15 is 0 Å². The monoisotopic (exact) mass is 277 g/mol. The van der Waals surface area contributed by atoms with Crippen molar-refractivity contribution in [2.45, 2.75) is 46.1 Å². The van der Waals surface area contributed by atoms with Gasteiger partial charge in [0.05, 0.1) is 6.26 Å². The summed E-state index contributed by atoms with van der Waals surface area (Å²) in [6.07, 6.45) is 1.77. The van der Waals surface area contributed by atoms with Crippen LogP contribution in [0.1, 0.15) is 54.8 Å². The highest BCUT2D eigenvalue weighted by Gasteiger charge is 2.23. The number of aryl methyl sites for hydroxylation is 1. The van der Waals surface area contributed by atoms with E-state index < -0.39 is 0 Å². The SMILES string of the molecule is CCNC(c1ccc(C(C)(C)C)s1)c1occc1C. The number of hydrogen-bond donors (Lipinski definition) is 1. The van der Waals surface area contributed by atoms with Gasteiger partial charge in [0, 0.05) is 9.75 Å². The minimum absolute atomic E-state index is 0.168. The molecule has 2 aromatic rings. The molecule has 0 saturated heterocycles. The normalized spacial score (nSPS) is 13.7. The minimum atomic E-state index is 0.168. The van der Waals surface area contributed by atoms with Crippen LogP contribution in [0.3, 0.4) is 0 Å². The molecule has 0 bridgehead atoms. The molecule has 2 rings (SSSR count). The Morgan fingerprint density at radius 3 is 2.47 bits per heavy atom. The van der Waals surface area contributed by atoms with Crippen LogP contribution < -0.4 is 5.32 Å². The van der Waals surface area contributed by atoms with E-state index in [0.29, 0.717) is 0 Å². The molecule has 1 unspecified atom stereocenters. The highest BCUT2D eigenvalue weighted by atomic mass is 32.1. The summed E-state index contributed by atoms with van der Waals surface area (Å²) in [5.41, 5.74) is 1.41. The van der Waals surface area contributed by atoms with Gasteiger partial charge in [-0.15, -0.1) is 11.3 Å². The average molecular weight is 277 g/mol. The highest BCUT2D eigenvalue weighted by molar-refractivity contribution is 7.12. The van der Waals surface area contributed by atoms with Gasteiger partial charge in [-0.1, -0.05) is 27.7 Å². The maximum Gasteiger partial charge on any atom is 0.128 e. The lowest BCUT2D eigenvalue weighted by atomic mass is 9.95. The summed E-state index contributed by atoms with van der Waals surface area (Å²) < 4.78 is 5.67. The standard InChI is InChI=1S/C16H23NOS/c1-6-17-14(15-11(2)9-10-18-15)12-7-8-13(19-12)16(3,4)5/h7-10,14,17H,6H2,1-5H3. The van der Waals surface area contributed by atoms with Crippen LogP contribution in [0.5, 0.6) is 0 Å². The van der Waals surface area contributed by atoms with Crippen molar-refractivity contribution in [1.29, 1.82) is 0 Å². The summed E-state index contributed by atoms with van der Waals surface area (Å²) in [6, 6.07) is 6.65. The zero-order valence-corrected chi connectivity index (χ0v) is 13.2. The Kier molecular flexibility index (Phi) is 4.16. The number of thiophene rings is 1. The van der Waals surface area contributed by atoms with Gasteiger partial charge in [-0.25, -0.2) is 0 Å². The number of furan rings is 1. The molecule has 0 aliphatic heterocycles. The second-order valence-corrected chi connectivity index (χ2v) is 7.03. The fourth-order valence-corrected chi connectivity index (χ4v) is 3.26. The second kappa shape index (κ2) is 5.51. The van der Waals surface area contributed by atoms with Gasteiger partial charge in [0.1, 0.15) is 11.8 Å². The van der Waals surface area contributed by atoms with Crippen molar-refractivity contribution in [2.24, 2.45) is 0 Å². The Labute approximate surface area is 119 Å². The third kappa shape index (κ3) is 3.10. The first-order valence-corrected chi connectivity index (χ1v) is 7.62. The Hall–Kier alpha value is -1.06. The summed E-state index contributed by atoms with van der Waals surface area (Å²) >= 11 is 1.87. The Balaban J connectivity index is 2.35. The lowest BCUT2D eigenvalue weighted by molar-refractivity contribution is 0.452. The van der Waals surface area contributed by atoms with Crippen molar-refractivity contribution in [3.8, 4) is 0 Å². The molecule has 0 aliphatic rings. The number of nitrogens with one attached hydrogen (secondary N) is 1. The summed E-state index contributed by atoms with van der Waals surface area (Å²) in [7, 11) is 0. The van der Waals surface area contributed by atoms with Crippen LogP contribution in [-0.2, 0) is 5.41 Å². The Morgan fingerprint density at radius 1 is 1.26 bits per heavy atom. The third-order valence-corrected chi connectivity index (χ3v) is 4.80. The van der Waals surface area contributed by atoms with Gasteiger partial charge in [-0.3, -0.25) is 0 Å². The van der Waals surface area contributed by atoms with E-state index in [1.807, 2.05) is 17.4 Å². The first-order valence-electron chi connectivity index (χ1n) is 6.81. The third-order valence-electron chi connectivity index (χ3n) is 3.22. The van der Waals surface area contributed by atoms with Crippen LogP contribution in [0, 0.1) is 6.92 Å². The zero-order chi connectivity index (χ0) is 14.0. The summed E-state index contributed by atoms with van der Waals surface area (Å²) in [4.78, 5) is 2.74. The van der Waals surface area contributed by atoms with Crippen molar-refractivity contribution in [3.05, 3.63) is 45.5 Å². The predicted molar refractivity (Wildman–Crippen MR) is 82.0 cm³/mol. The van der Waals surface area contributed by atoms with Gasteiger partial charge < -0.3 is 9.73 Å². The first kappa shape index (κ1) is 14.4. The molecule has 0 saturated carbocycles. The molecule has 2 nitrogen and oxygen atoms in total. The smallest absolute Gasteiger partial charge is 0.128 e. The largest absolute Gasteiger partial charge is 0.467 e. The van der Waals surface area contributed by atoms with Crippen LogP contribution in [-0.4, -0.2) is 6.54 Å².